The van der Waals surface area contributed by atoms with Crippen molar-refractivity contribution < 1.29 is 9.53 Å². The number of ether oxygens (including phenoxy) is 1. The molecule has 1 saturated heterocycles. The molecular formula is C11H21NO2. The zero-order valence-electron chi connectivity index (χ0n) is 9.21. The molecule has 1 fully saturated rings. The van der Waals surface area contributed by atoms with Crippen molar-refractivity contribution in [3.8, 4) is 0 Å². The van der Waals surface area contributed by atoms with E-state index in [9.17, 15) is 4.79 Å². The highest BCUT2D eigenvalue weighted by atomic mass is 16.6. The second kappa shape index (κ2) is 6.02. The first-order valence-corrected chi connectivity index (χ1v) is 5.72. The molecule has 1 aliphatic heterocycles. The van der Waals surface area contributed by atoms with E-state index in [-0.39, 0.29) is 18.1 Å². The van der Waals surface area contributed by atoms with Gasteiger partial charge in [-0.2, -0.15) is 0 Å². The standard InChI is InChI=1S/C11H21NO2/c1-3-5-7-9-10(14-9)11(13)12-8-6-4-2/h9-10H,3-8H2,1-2H3,(H,12,13). The molecule has 0 radical (unpaired) electrons. The molecule has 0 bridgehead atoms. The summed E-state index contributed by atoms with van der Waals surface area (Å²) < 4.78 is 5.30. The van der Waals surface area contributed by atoms with E-state index in [2.05, 4.69) is 19.2 Å². The highest BCUT2D eigenvalue weighted by Crippen LogP contribution is 2.27. The van der Waals surface area contributed by atoms with Gasteiger partial charge in [0.15, 0.2) is 6.10 Å². The van der Waals surface area contributed by atoms with Crippen LogP contribution in [0.2, 0.25) is 0 Å². The van der Waals surface area contributed by atoms with E-state index in [1.807, 2.05) is 0 Å². The van der Waals surface area contributed by atoms with Gasteiger partial charge >= 0.3 is 0 Å². The predicted octanol–water partition coefficient (Wildman–Crippen LogP) is 1.86. The molecule has 0 saturated carbocycles. The Kier molecular flexibility index (Phi) is 4.94. The number of nitrogens with one attached hydrogen (secondary N) is 1. The molecule has 1 amide bonds. The summed E-state index contributed by atoms with van der Waals surface area (Å²) in [6, 6.07) is 0. The van der Waals surface area contributed by atoms with Gasteiger partial charge in [0.1, 0.15) is 0 Å². The summed E-state index contributed by atoms with van der Waals surface area (Å²) in [4.78, 5) is 11.4. The predicted molar refractivity (Wildman–Crippen MR) is 56.1 cm³/mol. The SMILES string of the molecule is CCCCNC(=O)C1OC1CCCC. The van der Waals surface area contributed by atoms with Gasteiger partial charge in [0.05, 0.1) is 6.10 Å². The highest BCUT2D eigenvalue weighted by molar-refractivity contribution is 5.83. The first-order chi connectivity index (χ1) is 6.79. The van der Waals surface area contributed by atoms with Gasteiger partial charge in [0.25, 0.3) is 5.91 Å². The fourth-order valence-electron chi connectivity index (χ4n) is 1.49. The Morgan fingerprint density at radius 2 is 2.00 bits per heavy atom. The van der Waals surface area contributed by atoms with Crippen LogP contribution in [0.4, 0.5) is 0 Å². The highest BCUT2D eigenvalue weighted by Gasteiger charge is 2.43. The third-order valence-corrected chi connectivity index (χ3v) is 2.51. The second-order valence-corrected chi connectivity index (χ2v) is 3.88. The molecule has 82 valence electrons. The fraction of sp³-hybridized carbons (Fsp3) is 0.909. The first kappa shape index (κ1) is 11.5. The van der Waals surface area contributed by atoms with Crippen LogP contribution in [0.15, 0.2) is 0 Å². The summed E-state index contributed by atoms with van der Waals surface area (Å²) in [5.41, 5.74) is 0. The van der Waals surface area contributed by atoms with Crippen molar-refractivity contribution in [2.75, 3.05) is 6.54 Å². The zero-order valence-corrected chi connectivity index (χ0v) is 9.21. The topological polar surface area (TPSA) is 41.6 Å². The molecule has 0 aromatic heterocycles. The van der Waals surface area contributed by atoms with Gasteiger partial charge < -0.3 is 10.1 Å². The van der Waals surface area contributed by atoms with Crippen molar-refractivity contribution in [2.45, 2.75) is 58.2 Å². The Bertz CT molecular complexity index is 182. The van der Waals surface area contributed by atoms with Crippen LogP contribution in [0, 0.1) is 0 Å². The van der Waals surface area contributed by atoms with Crippen LogP contribution >= 0.6 is 0 Å². The Balaban J connectivity index is 2.03. The van der Waals surface area contributed by atoms with Crippen LogP contribution in [0.5, 0.6) is 0 Å². The Labute approximate surface area is 86.2 Å². The molecular weight excluding hydrogens is 178 g/mol. The quantitative estimate of drug-likeness (QED) is 0.502. The van der Waals surface area contributed by atoms with Crippen molar-refractivity contribution in [1.82, 2.24) is 5.32 Å². The molecule has 0 aromatic carbocycles. The van der Waals surface area contributed by atoms with Crippen LogP contribution in [0.3, 0.4) is 0 Å². The smallest absolute Gasteiger partial charge is 0.251 e. The van der Waals surface area contributed by atoms with Gasteiger partial charge in [-0.05, 0) is 12.8 Å². The Hall–Kier alpha value is -0.570. The van der Waals surface area contributed by atoms with Gasteiger partial charge in [-0.3, -0.25) is 4.79 Å². The van der Waals surface area contributed by atoms with Crippen LogP contribution in [0.1, 0.15) is 46.0 Å². The lowest BCUT2D eigenvalue weighted by Gasteiger charge is -2.00. The van der Waals surface area contributed by atoms with Crippen molar-refractivity contribution >= 4 is 5.91 Å². The number of amides is 1. The molecule has 1 N–H and O–H groups in total. The fourth-order valence-corrected chi connectivity index (χ4v) is 1.49. The molecule has 1 heterocycles. The Morgan fingerprint density at radius 3 is 2.64 bits per heavy atom. The van der Waals surface area contributed by atoms with E-state index in [4.69, 9.17) is 4.74 Å². The minimum absolute atomic E-state index is 0.0829. The molecule has 14 heavy (non-hydrogen) atoms. The summed E-state index contributed by atoms with van der Waals surface area (Å²) >= 11 is 0. The number of hydrogen-bond acceptors (Lipinski definition) is 2. The van der Waals surface area contributed by atoms with Crippen molar-refractivity contribution in [3.63, 3.8) is 0 Å². The number of carbonyl (C=O) groups is 1. The minimum Gasteiger partial charge on any atom is -0.359 e. The van der Waals surface area contributed by atoms with Crippen LogP contribution in [-0.2, 0) is 9.53 Å². The lowest BCUT2D eigenvalue weighted by Crippen LogP contribution is -2.29. The lowest BCUT2D eigenvalue weighted by molar-refractivity contribution is -0.122. The average molecular weight is 199 g/mol. The van der Waals surface area contributed by atoms with E-state index in [1.54, 1.807) is 0 Å². The van der Waals surface area contributed by atoms with Crippen molar-refractivity contribution in [1.29, 1.82) is 0 Å². The van der Waals surface area contributed by atoms with E-state index in [0.717, 1.165) is 32.2 Å². The molecule has 0 aliphatic carbocycles. The third-order valence-electron chi connectivity index (χ3n) is 2.51. The minimum atomic E-state index is -0.140. The van der Waals surface area contributed by atoms with Crippen molar-refractivity contribution in [2.24, 2.45) is 0 Å². The lowest BCUT2D eigenvalue weighted by atomic mass is 10.1. The van der Waals surface area contributed by atoms with Gasteiger partial charge in [-0.15, -0.1) is 0 Å². The average Bonchev–Trinajstić information content (AvgIpc) is 2.94. The number of rotatable bonds is 7. The van der Waals surface area contributed by atoms with Crippen LogP contribution in [0.25, 0.3) is 0 Å². The van der Waals surface area contributed by atoms with Crippen molar-refractivity contribution in [3.05, 3.63) is 0 Å². The first-order valence-electron chi connectivity index (χ1n) is 5.72. The number of carbonyl (C=O) groups excluding carboxylic acids is 1. The van der Waals surface area contributed by atoms with Gasteiger partial charge in [0, 0.05) is 6.54 Å². The maximum absolute atomic E-state index is 11.4. The van der Waals surface area contributed by atoms with Gasteiger partial charge in [-0.25, -0.2) is 0 Å². The maximum Gasteiger partial charge on any atom is 0.251 e. The summed E-state index contributed by atoms with van der Waals surface area (Å²) in [6.45, 7) is 5.05. The van der Waals surface area contributed by atoms with E-state index in [1.165, 1.54) is 6.42 Å². The molecule has 0 spiro atoms. The van der Waals surface area contributed by atoms with E-state index in [0.29, 0.717) is 0 Å². The zero-order chi connectivity index (χ0) is 10.4. The normalized spacial score (nSPS) is 24.7. The molecule has 2 unspecified atom stereocenters. The second-order valence-electron chi connectivity index (χ2n) is 3.88. The largest absolute Gasteiger partial charge is 0.359 e. The van der Waals surface area contributed by atoms with Gasteiger partial charge in [0.2, 0.25) is 0 Å². The summed E-state index contributed by atoms with van der Waals surface area (Å²) in [6.07, 6.45) is 5.59. The molecule has 3 heteroatoms. The van der Waals surface area contributed by atoms with Gasteiger partial charge in [-0.1, -0.05) is 33.1 Å². The summed E-state index contributed by atoms with van der Waals surface area (Å²) in [5, 5.41) is 2.89. The third kappa shape index (κ3) is 3.66. The monoisotopic (exact) mass is 199 g/mol. The molecule has 1 rings (SSSR count). The summed E-state index contributed by atoms with van der Waals surface area (Å²) in [5.74, 6) is 0.0829. The number of hydrogen-bond donors (Lipinski definition) is 1. The number of epoxide rings is 1. The molecule has 0 aromatic rings. The molecule has 2 atom stereocenters. The summed E-state index contributed by atoms with van der Waals surface area (Å²) in [7, 11) is 0. The molecule has 3 nitrogen and oxygen atoms in total. The number of unbranched alkanes of at least 4 members (excludes halogenated alkanes) is 2. The van der Waals surface area contributed by atoms with E-state index < -0.39 is 0 Å². The van der Waals surface area contributed by atoms with Crippen LogP contribution in [-0.4, -0.2) is 24.7 Å². The maximum atomic E-state index is 11.4. The van der Waals surface area contributed by atoms with E-state index >= 15 is 0 Å². The molecule has 1 aliphatic rings. The Morgan fingerprint density at radius 1 is 1.29 bits per heavy atom. The van der Waals surface area contributed by atoms with Crippen LogP contribution < -0.4 is 5.32 Å².